The van der Waals surface area contributed by atoms with Gasteiger partial charge in [0, 0.05) is 33.1 Å². The molecule has 0 bridgehead atoms. The number of hydrogen-bond donors (Lipinski definition) is 0. The highest BCUT2D eigenvalue weighted by atomic mass is 16.3. The smallest absolute Gasteiger partial charge is 0.135 e. The predicted molar refractivity (Wildman–Crippen MR) is 222 cm³/mol. The number of rotatable bonds is 6. The van der Waals surface area contributed by atoms with Crippen molar-refractivity contribution in [2.45, 2.75) is 19.3 Å². The van der Waals surface area contributed by atoms with Gasteiger partial charge in [-0.3, -0.25) is 0 Å². The van der Waals surface area contributed by atoms with E-state index in [1.165, 1.54) is 50.1 Å². The summed E-state index contributed by atoms with van der Waals surface area (Å²) >= 11 is 0. The summed E-state index contributed by atoms with van der Waals surface area (Å²) < 4.78 is 6.32. The molecule has 10 rings (SSSR count). The zero-order valence-corrected chi connectivity index (χ0v) is 29.8. The second-order valence-corrected chi connectivity index (χ2v) is 14.5. The Morgan fingerprint density at radius 1 is 0.377 bits per heavy atom. The molecule has 252 valence electrons. The maximum absolute atomic E-state index is 6.32. The van der Waals surface area contributed by atoms with E-state index in [1.807, 2.05) is 12.1 Å². The van der Waals surface area contributed by atoms with E-state index in [0.29, 0.717) is 0 Å². The molecule has 0 spiro atoms. The fourth-order valence-electron chi connectivity index (χ4n) is 8.45. The molecule has 53 heavy (non-hydrogen) atoms. The lowest BCUT2D eigenvalue weighted by molar-refractivity contribution is 0.660. The number of furan rings is 1. The van der Waals surface area contributed by atoms with Crippen molar-refractivity contribution in [3.8, 4) is 44.5 Å². The fourth-order valence-corrected chi connectivity index (χ4v) is 8.45. The molecule has 2 nitrogen and oxygen atoms in total. The van der Waals surface area contributed by atoms with Crippen LogP contribution in [0.2, 0.25) is 0 Å². The minimum atomic E-state index is -0.137. The van der Waals surface area contributed by atoms with Crippen LogP contribution < -0.4 is 4.90 Å². The van der Waals surface area contributed by atoms with Gasteiger partial charge in [0.1, 0.15) is 11.2 Å². The highest BCUT2D eigenvalue weighted by Gasteiger charge is 2.36. The normalized spacial score (nSPS) is 12.9. The molecule has 0 aliphatic heterocycles. The Hall–Kier alpha value is -6.64. The van der Waals surface area contributed by atoms with Gasteiger partial charge in [0.15, 0.2) is 0 Å². The van der Waals surface area contributed by atoms with Crippen LogP contribution >= 0.6 is 0 Å². The van der Waals surface area contributed by atoms with Crippen LogP contribution in [-0.4, -0.2) is 0 Å². The van der Waals surface area contributed by atoms with Crippen molar-refractivity contribution in [2.75, 3.05) is 4.90 Å². The van der Waals surface area contributed by atoms with Crippen molar-refractivity contribution in [3.05, 3.63) is 199 Å². The number of anilines is 3. The number of fused-ring (bicyclic) bond motifs is 6. The maximum Gasteiger partial charge on any atom is 0.135 e. The van der Waals surface area contributed by atoms with Crippen LogP contribution in [0.25, 0.3) is 66.4 Å². The molecule has 1 heterocycles. The zero-order valence-electron chi connectivity index (χ0n) is 29.8. The van der Waals surface area contributed by atoms with Crippen molar-refractivity contribution < 1.29 is 4.42 Å². The summed E-state index contributed by atoms with van der Waals surface area (Å²) in [6, 6.07) is 68.0. The van der Waals surface area contributed by atoms with E-state index in [9.17, 15) is 0 Å². The lowest BCUT2D eigenvalue weighted by Crippen LogP contribution is -2.17. The zero-order chi connectivity index (χ0) is 35.5. The van der Waals surface area contributed by atoms with Crippen molar-refractivity contribution in [3.63, 3.8) is 0 Å². The van der Waals surface area contributed by atoms with Crippen LogP contribution in [0.4, 0.5) is 17.1 Å². The molecular formula is C51H37NO. The molecule has 8 aromatic carbocycles. The Bertz CT molecular complexity index is 2810. The average Bonchev–Trinajstić information content (AvgIpc) is 3.70. The lowest BCUT2D eigenvalue weighted by Gasteiger charge is -2.30. The third kappa shape index (κ3) is 5.10. The van der Waals surface area contributed by atoms with Gasteiger partial charge in [-0.1, -0.05) is 153 Å². The Morgan fingerprint density at radius 2 is 0.981 bits per heavy atom. The minimum absolute atomic E-state index is 0.137. The van der Waals surface area contributed by atoms with Crippen LogP contribution in [0.1, 0.15) is 25.0 Å². The average molecular weight is 680 g/mol. The van der Waals surface area contributed by atoms with Crippen molar-refractivity contribution in [1.82, 2.24) is 0 Å². The summed E-state index contributed by atoms with van der Waals surface area (Å²) in [5, 5.41) is 2.22. The standard InChI is InChI=1S/C51H37NO/c1-51(2)46-22-12-9-19-40(46)41-29-26-38(33-47(41)51)52(37-27-30-50-45(32-37)43-21-11-14-24-49(43)53-50)48-23-13-10-20-42(48)44-31-36(34-15-5-3-6-16-34)25-28-39(44)35-17-7-4-8-18-35/h3-33H,1-2H3. The van der Waals surface area contributed by atoms with Gasteiger partial charge in [0.2, 0.25) is 0 Å². The molecule has 0 saturated carbocycles. The molecule has 0 saturated heterocycles. The second-order valence-electron chi connectivity index (χ2n) is 14.5. The Kier molecular flexibility index (Phi) is 7.19. The van der Waals surface area contributed by atoms with Gasteiger partial charge in [-0.25, -0.2) is 0 Å². The summed E-state index contributed by atoms with van der Waals surface area (Å²) in [4.78, 5) is 2.44. The summed E-state index contributed by atoms with van der Waals surface area (Å²) in [5.41, 5.74) is 17.4. The summed E-state index contributed by atoms with van der Waals surface area (Å²) in [5.74, 6) is 0. The largest absolute Gasteiger partial charge is 0.456 e. The van der Waals surface area contributed by atoms with Crippen LogP contribution in [0, 0.1) is 0 Å². The molecule has 0 atom stereocenters. The quantitative estimate of drug-likeness (QED) is 0.174. The van der Waals surface area contributed by atoms with E-state index in [2.05, 4.69) is 195 Å². The van der Waals surface area contributed by atoms with Gasteiger partial charge in [-0.05, 0) is 98.6 Å². The highest BCUT2D eigenvalue weighted by Crippen LogP contribution is 2.52. The Labute approximate surface area is 310 Å². The second kappa shape index (κ2) is 12.3. The molecule has 1 aromatic heterocycles. The first-order chi connectivity index (χ1) is 26.0. The topological polar surface area (TPSA) is 16.4 Å². The molecule has 0 N–H and O–H groups in total. The van der Waals surface area contributed by atoms with E-state index in [1.54, 1.807) is 0 Å². The Morgan fingerprint density at radius 3 is 1.81 bits per heavy atom. The Balaban J connectivity index is 1.24. The number of para-hydroxylation sites is 2. The molecule has 0 fully saturated rings. The van der Waals surface area contributed by atoms with Gasteiger partial charge in [-0.15, -0.1) is 0 Å². The van der Waals surface area contributed by atoms with E-state index >= 15 is 0 Å². The number of nitrogens with zero attached hydrogens (tertiary/aromatic N) is 1. The first-order valence-corrected chi connectivity index (χ1v) is 18.3. The summed E-state index contributed by atoms with van der Waals surface area (Å²) in [6.07, 6.45) is 0. The lowest BCUT2D eigenvalue weighted by atomic mass is 9.82. The third-order valence-corrected chi connectivity index (χ3v) is 11.1. The van der Waals surface area contributed by atoms with Crippen molar-refractivity contribution in [2.24, 2.45) is 0 Å². The molecule has 9 aromatic rings. The van der Waals surface area contributed by atoms with Crippen molar-refractivity contribution in [1.29, 1.82) is 0 Å². The van der Waals surface area contributed by atoms with Crippen LogP contribution in [-0.2, 0) is 5.41 Å². The minimum Gasteiger partial charge on any atom is -0.456 e. The van der Waals surface area contributed by atoms with E-state index in [0.717, 1.165) is 44.6 Å². The fraction of sp³-hybridized carbons (Fsp3) is 0.0588. The highest BCUT2D eigenvalue weighted by molar-refractivity contribution is 6.07. The van der Waals surface area contributed by atoms with Gasteiger partial charge in [-0.2, -0.15) is 0 Å². The van der Waals surface area contributed by atoms with E-state index in [-0.39, 0.29) is 5.41 Å². The molecule has 0 radical (unpaired) electrons. The molecule has 1 aliphatic rings. The molecule has 2 heteroatoms. The van der Waals surface area contributed by atoms with Crippen molar-refractivity contribution >= 4 is 39.0 Å². The predicted octanol–water partition coefficient (Wildman–Crippen LogP) is 14.4. The van der Waals surface area contributed by atoms with Gasteiger partial charge < -0.3 is 9.32 Å². The third-order valence-electron chi connectivity index (χ3n) is 11.1. The number of benzene rings is 8. The summed E-state index contributed by atoms with van der Waals surface area (Å²) in [6.45, 7) is 4.70. The van der Waals surface area contributed by atoms with E-state index < -0.39 is 0 Å². The van der Waals surface area contributed by atoms with E-state index in [4.69, 9.17) is 4.42 Å². The SMILES string of the molecule is CC1(C)c2ccccc2-c2ccc(N(c3ccc4oc5ccccc5c4c3)c3ccccc3-c3cc(-c4ccccc4)ccc3-c3ccccc3)cc21. The molecule has 0 unspecified atom stereocenters. The maximum atomic E-state index is 6.32. The monoisotopic (exact) mass is 679 g/mol. The first-order valence-electron chi connectivity index (χ1n) is 18.3. The van der Waals surface area contributed by atoms with Crippen LogP contribution in [0.15, 0.2) is 192 Å². The number of hydrogen-bond acceptors (Lipinski definition) is 2. The molecular weight excluding hydrogens is 643 g/mol. The van der Waals surface area contributed by atoms with Crippen LogP contribution in [0.3, 0.4) is 0 Å². The first kappa shape index (κ1) is 31.1. The van der Waals surface area contributed by atoms with Gasteiger partial charge >= 0.3 is 0 Å². The van der Waals surface area contributed by atoms with Gasteiger partial charge in [0.25, 0.3) is 0 Å². The van der Waals surface area contributed by atoms with Crippen LogP contribution in [0.5, 0.6) is 0 Å². The summed E-state index contributed by atoms with van der Waals surface area (Å²) in [7, 11) is 0. The molecule has 1 aliphatic carbocycles. The molecule has 0 amide bonds. The van der Waals surface area contributed by atoms with Gasteiger partial charge in [0.05, 0.1) is 5.69 Å².